The summed E-state index contributed by atoms with van der Waals surface area (Å²) < 4.78 is 0.580. The number of benzene rings is 1. The SMILES string of the molecule is CC1CNCCC1NC(=O)C(C)(C)Sc1ccc(Br)cc1.Cl. The summed E-state index contributed by atoms with van der Waals surface area (Å²) in [6.07, 6.45) is 1.01. The fraction of sp³-hybridized carbons (Fsp3) is 0.562. The molecule has 0 aromatic heterocycles. The second kappa shape index (κ2) is 8.57. The highest BCUT2D eigenvalue weighted by molar-refractivity contribution is 9.10. The highest BCUT2D eigenvalue weighted by Gasteiger charge is 2.32. The number of halogens is 2. The van der Waals surface area contributed by atoms with Crippen LogP contribution in [0.25, 0.3) is 0 Å². The minimum atomic E-state index is -0.474. The molecule has 2 rings (SSSR count). The Morgan fingerprint density at radius 3 is 2.59 bits per heavy atom. The molecule has 124 valence electrons. The van der Waals surface area contributed by atoms with E-state index in [4.69, 9.17) is 0 Å². The molecule has 0 radical (unpaired) electrons. The maximum absolute atomic E-state index is 12.6. The zero-order valence-electron chi connectivity index (χ0n) is 13.2. The standard InChI is InChI=1S/C16H23BrN2OS.ClH/c1-11-10-18-9-8-14(11)19-15(20)16(2,3)21-13-6-4-12(17)5-7-13;/h4-7,11,14,18H,8-10H2,1-3H3,(H,19,20);1H. The molecular formula is C16H24BrClN2OS. The van der Waals surface area contributed by atoms with E-state index in [0.717, 1.165) is 28.9 Å². The van der Waals surface area contributed by atoms with Gasteiger partial charge in [0.15, 0.2) is 0 Å². The van der Waals surface area contributed by atoms with Crippen LogP contribution in [0, 0.1) is 5.92 Å². The minimum Gasteiger partial charge on any atom is -0.352 e. The van der Waals surface area contributed by atoms with Gasteiger partial charge in [0.05, 0.1) is 4.75 Å². The maximum Gasteiger partial charge on any atom is 0.236 e. The van der Waals surface area contributed by atoms with Crippen molar-refractivity contribution in [2.45, 2.75) is 42.9 Å². The molecule has 1 aromatic rings. The number of carbonyl (C=O) groups excluding carboxylic acids is 1. The summed E-state index contributed by atoms with van der Waals surface area (Å²) in [6.45, 7) is 8.12. The average molecular weight is 408 g/mol. The van der Waals surface area contributed by atoms with Gasteiger partial charge in [0.25, 0.3) is 0 Å². The molecule has 0 spiro atoms. The molecular weight excluding hydrogens is 384 g/mol. The van der Waals surface area contributed by atoms with Crippen LogP contribution in [-0.4, -0.2) is 29.8 Å². The first kappa shape index (κ1) is 19.8. The molecule has 1 aliphatic heterocycles. The van der Waals surface area contributed by atoms with Crippen molar-refractivity contribution in [1.82, 2.24) is 10.6 Å². The zero-order valence-corrected chi connectivity index (χ0v) is 16.4. The van der Waals surface area contributed by atoms with Crippen LogP contribution in [0.2, 0.25) is 0 Å². The molecule has 6 heteroatoms. The van der Waals surface area contributed by atoms with Gasteiger partial charge in [-0.3, -0.25) is 4.79 Å². The van der Waals surface area contributed by atoms with E-state index in [0.29, 0.717) is 5.92 Å². The molecule has 0 saturated carbocycles. The molecule has 0 aliphatic carbocycles. The Morgan fingerprint density at radius 2 is 2.00 bits per heavy atom. The van der Waals surface area contributed by atoms with Gasteiger partial charge < -0.3 is 10.6 Å². The molecule has 2 atom stereocenters. The third-order valence-electron chi connectivity index (χ3n) is 3.84. The van der Waals surface area contributed by atoms with Crippen LogP contribution in [0.5, 0.6) is 0 Å². The van der Waals surface area contributed by atoms with Crippen molar-refractivity contribution in [2.75, 3.05) is 13.1 Å². The van der Waals surface area contributed by atoms with Crippen LogP contribution in [0.4, 0.5) is 0 Å². The second-order valence-corrected chi connectivity index (χ2v) is 8.73. The van der Waals surface area contributed by atoms with E-state index in [9.17, 15) is 4.79 Å². The first-order valence-corrected chi connectivity index (χ1v) is 8.96. The van der Waals surface area contributed by atoms with Gasteiger partial charge in [-0.25, -0.2) is 0 Å². The fourth-order valence-corrected chi connectivity index (χ4v) is 3.69. The van der Waals surface area contributed by atoms with Crippen LogP contribution < -0.4 is 10.6 Å². The Kier molecular flexibility index (Phi) is 7.72. The summed E-state index contributed by atoms with van der Waals surface area (Å²) in [6, 6.07) is 8.37. The Labute approximate surface area is 151 Å². The van der Waals surface area contributed by atoms with Crippen molar-refractivity contribution in [3.63, 3.8) is 0 Å². The Hall–Kier alpha value is -0.230. The van der Waals surface area contributed by atoms with E-state index in [-0.39, 0.29) is 24.4 Å². The quantitative estimate of drug-likeness (QED) is 0.745. The Balaban J connectivity index is 0.00000242. The predicted molar refractivity (Wildman–Crippen MR) is 99.9 cm³/mol. The van der Waals surface area contributed by atoms with Gasteiger partial charge in [-0.1, -0.05) is 22.9 Å². The van der Waals surface area contributed by atoms with Gasteiger partial charge in [0.1, 0.15) is 0 Å². The summed E-state index contributed by atoms with van der Waals surface area (Å²) in [5.74, 6) is 0.602. The van der Waals surface area contributed by atoms with Gasteiger partial charge in [0.2, 0.25) is 5.91 Å². The summed E-state index contributed by atoms with van der Waals surface area (Å²) in [7, 11) is 0. The van der Waals surface area contributed by atoms with Crippen LogP contribution in [0.3, 0.4) is 0 Å². The topological polar surface area (TPSA) is 41.1 Å². The molecule has 0 bridgehead atoms. The van der Waals surface area contributed by atoms with Crippen molar-refractivity contribution in [3.05, 3.63) is 28.7 Å². The van der Waals surface area contributed by atoms with E-state index in [1.807, 2.05) is 38.1 Å². The number of amides is 1. The monoisotopic (exact) mass is 406 g/mol. The second-order valence-electron chi connectivity index (χ2n) is 6.12. The van der Waals surface area contributed by atoms with Crippen molar-refractivity contribution in [2.24, 2.45) is 5.92 Å². The van der Waals surface area contributed by atoms with Crippen LogP contribution >= 0.6 is 40.1 Å². The van der Waals surface area contributed by atoms with Crippen molar-refractivity contribution in [3.8, 4) is 0 Å². The van der Waals surface area contributed by atoms with Crippen LogP contribution in [-0.2, 0) is 4.79 Å². The third-order valence-corrected chi connectivity index (χ3v) is 5.57. The van der Waals surface area contributed by atoms with Crippen molar-refractivity contribution < 1.29 is 4.79 Å². The summed E-state index contributed by atoms with van der Waals surface area (Å²) in [5, 5.41) is 6.59. The van der Waals surface area contributed by atoms with E-state index < -0.39 is 4.75 Å². The lowest BCUT2D eigenvalue weighted by atomic mass is 9.95. The van der Waals surface area contributed by atoms with E-state index in [2.05, 4.69) is 33.5 Å². The Morgan fingerprint density at radius 1 is 1.36 bits per heavy atom. The summed E-state index contributed by atoms with van der Waals surface area (Å²) in [4.78, 5) is 13.7. The van der Waals surface area contributed by atoms with Gasteiger partial charge >= 0.3 is 0 Å². The maximum atomic E-state index is 12.6. The lowest BCUT2D eigenvalue weighted by molar-refractivity contribution is -0.123. The third kappa shape index (κ3) is 5.44. The number of nitrogens with one attached hydrogen (secondary N) is 2. The largest absolute Gasteiger partial charge is 0.352 e. The van der Waals surface area contributed by atoms with E-state index in [1.54, 1.807) is 11.8 Å². The number of hydrogen-bond acceptors (Lipinski definition) is 3. The number of carbonyl (C=O) groups is 1. The van der Waals surface area contributed by atoms with Crippen LogP contribution in [0.1, 0.15) is 27.2 Å². The Bertz CT molecular complexity index is 495. The molecule has 2 unspecified atom stereocenters. The summed E-state index contributed by atoms with van der Waals surface area (Å²) >= 11 is 5.04. The molecule has 1 heterocycles. The molecule has 1 fully saturated rings. The lowest BCUT2D eigenvalue weighted by Gasteiger charge is -2.33. The highest BCUT2D eigenvalue weighted by atomic mass is 79.9. The molecule has 2 N–H and O–H groups in total. The summed E-state index contributed by atoms with van der Waals surface area (Å²) in [5.41, 5.74) is 0. The van der Waals surface area contributed by atoms with Gasteiger partial charge in [-0.15, -0.1) is 24.2 Å². The molecule has 1 amide bonds. The fourth-order valence-electron chi connectivity index (χ4n) is 2.41. The molecule has 1 saturated heterocycles. The van der Waals surface area contributed by atoms with Crippen LogP contribution in [0.15, 0.2) is 33.6 Å². The van der Waals surface area contributed by atoms with Crippen molar-refractivity contribution >= 4 is 46.0 Å². The van der Waals surface area contributed by atoms with E-state index in [1.165, 1.54) is 0 Å². The molecule has 3 nitrogen and oxygen atoms in total. The molecule has 22 heavy (non-hydrogen) atoms. The zero-order chi connectivity index (χ0) is 15.5. The first-order chi connectivity index (χ1) is 9.88. The minimum absolute atomic E-state index is 0. The smallest absolute Gasteiger partial charge is 0.236 e. The highest BCUT2D eigenvalue weighted by Crippen LogP contribution is 2.33. The first-order valence-electron chi connectivity index (χ1n) is 7.35. The predicted octanol–water partition coefficient (Wildman–Crippen LogP) is 3.86. The number of thioether (sulfide) groups is 1. The van der Waals surface area contributed by atoms with Gasteiger partial charge in [0, 0.05) is 15.4 Å². The number of piperidine rings is 1. The van der Waals surface area contributed by atoms with E-state index >= 15 is 0 Å². The number of hydrogen-bond donors (Lipinski definition) is 2. The van der Waals surface area contributed by atoms with Gasteiger partial charge in [-0.05, 0) is 63.5 Å². The molecule has 1 aliphatic rings. The normalized spacial score (nSPS) is 21.8. The average Bonchev–Trinajstić information content (AvgIpc) is 2.43. The lowest BCUT2D eigenvalue weighted by Crippen LogP contribution is -2.52. The van der Waals surface area contributed by atoms with Crippen molar-refractivity contribution in [1.29, 1.82) is 0 Å². The van der Waals surface area contributed by atoms with Gasteiger partial charge in [-0.2, -0.15) is 0 Å². The number of rotatable bonds is 4. The molecule has 1 aromatic carbocycles.